The van der Waals surface area contributed by atoms with Crippen LogP contribution in [-0.4, -0.2) is 46.8 Å². The summed E-state index contributed by atoms with van der Waals surface area (Å²) in [6.07, 6.45) is 6.37. The first-order chi connectivity index (χ1) is 8.19. The molecular formula is C12H20N4O. The van der Waals surface area contributed by atoms with Gasteiger partial charge in [0.25, 0.3) is 0 Å². The van der Waals surface area contributed by atoms with Crippen LogP contribution in [0.25, 0.3) is 0 Å². The molecule has 0 aliphatic carbocycles. The van der Waals surface area contributed by atoms with Gasteiger partial charge in [0.05, 0.1) is 12.6 Å². The highest BCUT2D eigenvalue weighted by Crippen LogP contribution is 2.11. The average Bonchev–Trinajstić information content (AvgIpc) is 2.75. The zero-order valence-corrected chi connectivity index (χ0v) is 10.5. The van der Waals surface area contributed by atoms with Gasteiger partial charge in [0.2, 0.25) is 5.91 Å². The van der Waals surface area contributed by atoms with Crippen molar-refractivity contribution in [2.24, 2.45) is 7.05 Å². The van der Waals surface area contributed by atoms with E-state index in [1.807, 2.05) is 25.2 Å². The third kappa shape index (κ3) is 3.06. The molecule has 0 radical (unpaired) electrons. The van der Waals surface area contributed by atoms with Crippen LogP contribution in [0.4, 0.5) is 0 Å². The number of piperidine rings is 1. The lowest BCUT2D eigenvalue weighted by atomic mass is 10.1. The van der Waals surface area contributed by atoms with E-state index in [4.69, 9.17) is 0 Å². The molecule has 1 amide bonds. The Kier molecular flexibility index (Phi) is 3.78. The predicted molar refractivity (Wildman–Crippen MR) is 65.6 cm³/mol. The average molecular weight is 236 g/mol. The lowest BCUT2D eigenvalue weighted by Crippen LogP contribution is -2.47. The van der Waals surface area contributed by atoms with Crippen LogP contribution in [0, 0.1) is 0 Å². The molecule has 0 bridgehead atoms. The van der Waals surface area contributed by atoms with Gasteiger partial charge in [-0.1, -0.05) is 0 Å². The number of aromatic nitrogens is 2. The first-order valence-electron chi connectivity index (χ1n) is 6.11. The van der Waals surface area contributed by atoms with Crippen molar-refractivity contribution < 1.29 is 4.79 Å². The summed E-state index contributed by atoms with van der Waals surface area (Å²) in [6, 6.07) is 0.446. The van der Waals surface area contributed by atoms with Crippen molar-refractivity contribution in [3.05, 3.63) is 18.0 Å². The van der Waals surface area contributed by atoms with Crippen molar-refractivity contribution in [2.45, 2.75) is 25.3 Å². The Morgan fingerprint density at radius 2 is 2.47 bits per heavy atom. The first-order valence-corrected chi connectivity index (χ1v) is 6.11. The zero-order chi connectivity index (χ0) is 12.3. The van der Waals surface area contributed by atoms with Crippen LogP contribution in [0.5, 0.6) is 0 Å². The van der Waals surface area contributed by atoms with E-state index in [9.17, 15) is 4.79 Å². The Hall–Kier alpha value is -1.36. The fraction of sp³-hybridized carbons (Fsp3) is 0.667. The molecule has 1 unspecified atom stereocenters. The SMILES string of the molecule is CNC1CCCN(C(=O)Cc2cnn(C)c2)C1. The quantitative estimate of drug-likeness (QED) is 0.814. The van der Waals surface area contributed by atoms with Crippen LogP contribution in [-0.2, 0) is 18.3 Å². The van der Waals surface area contributed by atoms with Crippen molar-refractivity contribution in [1.29, 1.82) is 0 Å². The number of likely N-dealkylation sites (N-methyl/N-ethyl adjacent to an activating group) is 1. The normalized spacial score (nSPS) is 20.6. The summed E-state index contributed by atoms with van der Waals surface area (Å²) in [4.78, 5) is 14.1. The van der Waals surface area contributed by atoms with E-state index in [1.165, 1.54) is 0 Å². The van der Waals surface area contributed by atoms with Crippen molar-refractivity contribution in [1.82, 2.24) is 20.0 Å². The fourth-order valence-electron chi connectivity index (χ4n) is 2.29. The number of rotatable bonds is 3. The first kappa shape index (κ1) is 12.1. The molecular weight excluding hydrogens is 216 g/mol. The monoisotopic (exact) mass is 236 g/mol. The molecule has 1 atom stereocenters. The fourth-order valence-corrected chi connectivity index (χ4v) is 2.29. The number of carbonyl (C=O) groups excluding carboxylic acids is 1. The Morgan fingerprint density at radius 3 is 3.12 bits per heavy atom. The molecule has 0 saturated carbocycles. The third-order valence-electron chi connectivity index (χ3n) is 3.30. The van der Waals surface area contributed by atoms with Crippen LogP contribution in [0.3, 0.4) is 0 Å². The highest BCUT2D eigenvalue weighted by Gasteiger charge is 2.22. The summed E-state index contributed by atoms with van der Waals surface area (Å²) >= 11 is 0. The zero-order valence-electron chi connectivity index (χ0n) is 10.5. The highest BCUT2D eigenvalue weighted by atomic mass is 16.2. The maximum Gasteiger partial charge on any atom is 0.227 e. The molecule has 94 valence electrons. The molecule has 1 fully saturated rings. The summed E-state index contributed by atoms with van der Waals surface area (Å²) < 4.78 is 1.73. The molecule has 2 heterocycles. The molecule has 1 aromatic rings. The van der Waals surface area contributed by atoms with E-state index in [-0.39, 0.29) is 5.91 Å². The predicted octanol–water partition coefficient (Wildman–Crippen LogP) is 0.173. The maximum absolute atomic E-state index is 12.1. The van der Waals surface area contributed by atoms with Gasteiger partial charge in [-0.3, -0.25) is 9.48 Å². The second-order valence-electron chi connectivity index (χ2n) is 4.67. The molecule has 1 N–H and O–H groups in total. The van der Waals surface area contributed by atoms with Crippen molar-refractivity contribution in [3.8, 4) is 0 Å². The van der Waals surface area contributed by atoms with Crippen molar-refractivity contribution >= 4 is 5.91 Å². The molecule has 5 heteroatoms. The molecule has 0 aromatic carbocycles. The summed E-state index contributed by atoms with van der Waals surface area (Å²) in [5.41, 5.74) is 0.990. The number of carbonyl (C=O) groups is 1. The Balaban J connectivity index is 1.91. The summed E-state index contributed by atoms with van der Waals surface area (Å²) in [7, 11) is 3.83. The number of hydrogen-bond donors (Lipinski definition) is 1. The smallest absolute Gasteiger partial charge is 0.227 e. The number of likely N-dealkylation sites (tertiary alicyclic amines) is 1. The van der Waals surface area contributed by atoms with Gasteiger partial charge in [-0.25, -0.2) is 0 Å². The second kappa shape index (κ2) is 5.31. The topological polar surface area (TPSA) is 50.2 Å². The van der Waals surface area contributed by atoms with Crippen LogP contribution >= 0.6 is 0 Å². The van der Waals surface area contributed by atoms with E-state index in [0.29, 0.717) is 12.5 Å². The second-order valence-corrected chi connectivity index (χ2v) is 4.67. The molecule has 5 nitrogen and oxygen atoms in total. The van der Waals surface area contributed by atoms with E-state index >= 15 is 0 Å². The van der Waals surface area contributed by atoms with Gasteiger partial charge in [-0.05, 0) is 25.5 Å². The van der Waals surface area contributed by atoms with Gasteiger partial charge in [0.15, 0.2) is 0 Å². The van der Waals surface area contributed by atoms with E-state index in [2.05, 4.69) is 10.4 Å². The van der Waals surface area contributed by atoms with Crippen LogP contribution in [0.1, 0.15) is 18.4 Å². The number of aryl methyl sites for hydroxylation is 1. The molecule has 0 spiro atoms. The molecule has 2 rings (SSSR count). The third-order valence-corrected chi connectivity index (χ3v) is 3.30. The minimum absolute atomic E-state index is 0.206. The number of nitrogens with one attached hydrogen (secondary N) is 1. The standard InChI is InChI=1S/C12H20N4O/c1-13-11-4-3-5-16(9-11)12(17)6-10-7-14-15(2)8-10/h7-8,11,13H,3-6,9H2,1-2H3. The van der Waals surface area contributed by atoms with Gasteiger partial charge < -0.3 is 10.2 Å². The van der Waals surface area contributed by atoms with Crippen molar-refractivity contribution in [2.75, 3.05) is 20.1 Å². The Labute approximate surface area is 102 Å². The lowest BCUT2D eigenvalue weighted by Gasteiger charge is -2.32. The molecule has 1 aliphatic rings. The van der Waals surface area contributed by atoms with Crippen LogP contribution in [0.15, 0.2) is 12.4 Å². The van der Waals surface area contributed by atoms with Gasteiger partial charge in [-0.2, -0.15) is 5.10 Å². The Morgan fingerprint density at radius 1 is 1.65 bits per heavy atom. The maximum atomic E-state index is 12.1. The van der Waals surface area contributed by atoms with Gasteiger partial charge >= 0.3 is 0 Å². The molecule has 1 aromatic heterocycles. The lowest BCUT2D eigenvalue weighted by molar-refractivity contribution is -0.131. The van der Waals surface area contributed by atoms with E-state index in [1.54, 1.807) is 10.9 Å². The molecule has 1 aliphatic heterocycles. The van der Waals surface area contributed by atoms with E-state index < -0.39 is 0 Å². The minimum atomic E-state index is 0.206. The number of hydrogen-bond acceptors (Lipinski definition) is 3. The van der Waals surface area contributed by atoms with Crippen molar-refractivity contribution in [3.63, 3.8) is 0 Å². The summed E-state index contributed by atoms with van der Waals surface area (Å²) in [6.45, 7) is 1.72. The highest BCUT2D eigenvalue weighted by molar-refractivity contribution is 5.78. The van der Waals surface area contributed by atoms with Gasteiger partial charge in [0, 0.05) is 32.4 Å². The Bertz CT molecular complexity index is 388. The molecule has 17 heavy (non-hydrogen) atoms. The van der Waals surface area contributed by atoms with Gasteiger partial charge in [0.1, 0.15) is 0 Å². The summed E-state index contributed by atoms with van der Waals surface area (Å²) in [5, 5.41) is 7.33. The summed E-state index contributed by atoms with van der Waals surface area (Å²) in [5.74, 6) is 0.206. The number of amides is 1. The van der Waals surface area contributed by atoms with Gasteiger partial charge in [-0.15, -0.1) is 0 Å². The number of nitrogens with zero attached hydrogens (tertiary/aromatic N) is 3. The van der Waals surface area contributed by atoms with Crippen LogP contribution < -0.4 is 5.32 Å². The largest absolute Gasteiger partial charge is 0.341 e. The minimum Gasteiger partial charge on any atom is -0.341 e. The van der Waals surface area contributed by atoms with Crippen LogP contribution in [0.2, 0.25) is 0 Å². The van der Waals surface area contributed by atoms with E-state index in [0.717, 1.165) is 31.5 Å². The molecule has 1 saturated heterocycles.